The fraction of sp³-hybridized carbons (Fsp3) is 0.533. The van der Waals surface area contributed by atoms with Gasteiger partial charge in [-0.2, -0.15) is 11.8 Å². The van der Waals surface area contributed by atoms with E-state index in [1.54, 1.807) is 0 Å². The lowest BCUT2D eigenvalue weighted by atomic mass is 9.79. The van der Waals surface area contributed by atoms with Crippen LogP contribution in [0.25, 0.3) is 0 Å². The molecule has 0 radical (unpaired) electrons. The second-order valence-electron chi connectivity index (χ2n) is 11.3. The summed E-state index contributed by atoms with van der Waals surface area (Å²) in [6.45, 7) is 5.26. The molecule has 38 heavy (non-hydrogen) atoms. The van der Waals surface area contributed by atoms with E-state index < -0.39 is 23.7 Å². The molecule has 0 bridgehead atoms. The van der Waals surface area contributed by atoms with Gasteiger partial charge in [-0.05, 0) is 48.5 Å². The van der Waals surface area contributed by atoms with Crippen LogP contribution in [0.15, 0.2) is 60.7 Å². The number of nitrogens with two attached hydrogens (primary N) is 1. The number of rotatable bonds is 11. The van der Waals surface area contributed by atoms with Crippen molar-refractivity contribution in [1.82, 2.24) is 10.2 Å². The number of likely N-dealkylation sites (tertiary alicyclic amines) is 1. The van der Waals surface area contributed by atoms with Crippen LogP contribution >= 0.6 is 11.8 Å². The first-order valence-electron chi connectivity index (χ1n) is 13.6. The van der Waals surface area contributed by atoms with Crippen molar-refractivity contribution in [2.75, 3.05) is 18.8 Å². The number of alkyl carbamates (subject to hydrolysis) is 1. The molecule has 2 aromatic carbocycles. The zero-order valence-electron chi connectivity index (χ0n) is 22.4. The van der Waals surface area contributed by atoms with E-state index in [1.807, 2.05) is 86.3 Å². The first-order chi connectivity index (χ1) is 18.2. The number of β-amino-alcohol motifs (C(OH)–C–C–N with tert-alkyl or cyclic N) is 1. The molecular weight excluding hydrogens is 498 g/mol. The van der Waals surface area contributed by atoms with Crippen LogP contribution in [0.4, 0.5) is 4.79 Å². The number of carbonyl (C=O) groups is 2. The Balaban J connectivity index is 1.46. The van der Waals surface area contributed by atoms with Gasteiger partial charge in [0.05, 0.1) is 12.1 Å². The maximum absolute atomic E-state index is 12.8. The molecule has 2 fully saturated rings. The Morgan fingerprint density at radius 1 is 1.13 bits per heavy atom. The number of piperidine rings is 1. The molecule has 4 rings (SSSR count). The van der Waals surface area contributed by atoms with Crippen molar-refractivity contribution in [3.63, 3.8) is 0 Å². The van der Waals surface area contributed by atoms with E-state index in [4.69, 9.17) is 10.5 Å². The smallest absolute Gasteiger partial charge is 0.407 e. The van der Waals surface area contributed by atoms with E-state index in [0.717, 1.165) is 29.8 Å². The number of aliphatic hydroxyl groups excluding tert-OH is 1. The summed E-state index contributed by atoms with van der Waals surface area (Å²) >= 11 is 2.03. The quantitative estimate of drug-likeness (QED) is 0.399. The molecule has 2 aromatic rings. The van der Waals surface area contributed by atoms with Crippen LogP contribution in [0.2, 0.25) is 0 Å². The second kappa shape index (κ2) is 13.0. The van der Waals surface area contributed by atoms with Crippen molar-refractivity contribution in [2.24, 2.45) is 17.1 Å². The summed E-state index contributed by atoms with van der Waals surface area (Å²) in [6, 6.07) is 19.0. The van der Waals surface area contributed by atoms with E-state index >= 15 is 0 Å². The Morgan fingerprint density at radius 3 is 2.45 bits per heavy atom. The van der Waals surface area contributed by atoms with E-state index in [9.17, 15) is 14.7 Å². The lowest BCUT2D eigenvalue weighted by molar-refractivity contribution is -0.127. The van der Waals surface area contributed by atoms with E-state index in [0.29, 0.717) is 30.6 Å². The van der Waals surface area contributed by atoms with Gasteiger partial charge in [0.25, 0.3) is 0 Å². The summed E-state index contributed by atoms with van der Waals surface area (Å²) in [5.41, 5.74) is 7.02. The number of nitrogens with one attached hydrogen (secondary N) is 1. The van der Waals surface area contributed by atoms with Gasteiger partial charge >= 0.3 is 6.09 Å². The molecule has 7 nitrogen and oxygen atoms in total. The molecule has 0 spiro atoms. The Bertz CT molecular complexity index is 1050. The van der Waals surface area contributed by atoms with Crippen LogP contribution in [-0.2, 0) is 22.6 Å². The molecule has 0 aliphatic carbocycles. The van der Waals surface area contributed by atoms with Crippen LogP contribution in [0, 0.1) is 11.3 Å². The van der Waals surface area contributed by atoms with E-state index in [1.165, 1.54) is 6.42 Å². The minimum atomic E-state index is -0.815. The molecule has 4 N–H and O–H groups in total. The number of amides is 2. The topological polar surface area (TPSA) is 105 Å². The highest BCUT2D eigenvalue weighted by atomic mass is 32.2. The highest BCUT2D eigenvalue weighted by molar-refractivity contribution is 8.00. The van der Waals surface area contributed by atoms with Crippen molar-refractivity contribution in [3.05, 3.63) is 71.8 Å². The predicted octanol–water partition coefficient (Wildman–Crippen LogP) is 3.98. The van der Waals surface area contributed by atoms with Gasteiger partial charge < -0.3 is 20.9 Å². The van der Waals surface area contributed by atoms with Gasteiger partial charge in [-0.1, -0.05) is 74.5 Å². The van der Waals surface area contributed by atoms with Crippen LogP contribution in [0.5, 0.6) is 0 Å². The fourth-order valence-corrected chi connectivity index (χ4v) is 7.18. The van der Waals surface area contributed by atoms with Gasteiger partial charge in [0.1, 0.15) is 6.61 Å². The molecule has 5 atom stereocenters. The maximum Gasteiger partial charge on any atom is 0.407 e. The number of thioether (sulfide) groups is 1. The average molecular weight is 540 g/mol. The molecule has 0 aromatic heterocycles. The molecule has 0 unspecified atom stereocenters. The van der Waals surface area contributed by atoms with Crippen molar-refractivity contribution in [1.29, 1.82) is 0 Å². The van der Waals surface area contributed by atoms with Gasteiger partial charge in [0.2, 0.25) is 5.91 Å². The zero-order chi connectivity index (χ0) is 27.1. The Labute approximate surface area is 230 Å². The monoisotopic (exact) mass is 539 g/mol. The number of carbonyl (C=O) groups excluding carboxylic acids is 2. The summed E-state index contributed by atoms with van der Waals surface area (Å²) in [5, 5.41) is 15.0. The molecule has 2 aliphatic rings. The van der Waals surface area contributed by atoms with Crippen molar-refractivity contribution in [2.45, 2.75) is 69.6 Å². The van der Waals surface area contributed by atoms with Gasteiger partial charge in [0, 0.05) is 29.8 Å². The lowest BCUT2D eigenvalue weighted by Crippen LogP contribution is -2.56. The van der Waals surface area contributed by atoms with E-state index in [2.05, 4.69) is 10.2 Å². The third-order valence-electron chi connectivity index (χ3n) is 7.95. The largest absolute Gasteiger partial charge is 0.445 e. The third kappa shape index (κ3) is 7.74. The van der Waals surface area contributed by atoms with Crippen molar-refractivity contribution < 1.29 is 19.4 Å². The number of benzene rings is 2. The first kappa shape index (κ1) is 28.5. The number of hydrogen-bond donors (Lipinski definition) is 3. The molecule has 2 aliphatic heterocycles. The Hall–Kier alpha value is -2.55. The summed E-state index contributed by atoms with van der Waals surface area (Å²) in [6.07, 6.45) is 1.92. The normalized spacial score (nSPS) is 23.3. The Morgan fingerprint density at radius 2 is 1.79 bits per heavy atom. The summed E-state index contributed by atoms with van der Waals surface area (Å²) in [4.78, 5) is 27.2. The number of ether oxygens (including phenoxy) is 1. The molecule has 0 saturated carbocycles. The molecular formula is C30H41N3O4S. The standard InChI is InChI=1S/C30H41N3O4S/c1-30(2,28(31)35)17-24-16-27-23(13-14-38-27)18-33(24)19-26(34)25(15-21-9-5-3-6-10-21)32-29(36)37-20-22-11-7-4-8-12-22/h3-12,23-27,34H,13-20H2,1-2H3,(H2,31,35)(H,32,36)/t23-,24+,25+,26-,27+/m0/s1. The molecule has 2 saturated heterocycles. The summed E-state index contributed by atoms with van der Waals surface area (Å²) in [5.74, 6) is 1.43. The average Bonchev–Trinajstić information content (AvgIpc) is 3.35. The molecule has 8 heteroatoms. The van der Waals surface area contributed by atoms with Gasteiger partial charge in [-0.3, -0.25) is 9.69 Å². The number of aliphatic hydroxyl groups is 1. The first-order valence-corrected chi connectivity index (χ1v) is 14.6. The highest BCUT2D eigenvalue weighted by Gasteiger charge is 2.42. The van der Waals surface area contributed by atoms with E-state index in [-0.39, 0.29) is 18.6 Å². The number of nitrogens with zero attached hydrogens (tertiary/aromatic N) is 1. The Kier molecular flexibility index (Phi) is 9.74. The number of fused-ring (bicyclic) bond motifs is 1. The maximum atomic E-state index is 12.8. The number of hydrogen-bond acceptors (Lipinski definition) is 6. The van der Waals surface area contributed by atoms with Crippen LogP contribution in [0.1, 0.15) is 44.2 Å². The van der Waals surface area contributed by atoms with Crippen LogP contribution < -0.4 is 11.1 Å². The minimum absolute atomic E-state index is 0.140. The molecule has 2 heterocycles. The number of primary amides is 1. The van der Waals surface area contributed by atoms with Crippen molar-refractivity contribution >= 4 is 23.8 Å². The lowest BCUT2D eigenvalue weighted by Gasteiger charge is -2.45. The SMILES string of the molecule is CC(C)(C[C@H]1C[C@H]2SCC[C@H]2CN1C[C@H](O)[C@@H](Cc1ccccc1)NC(=O)OCc1ccccc1)C(N)=O. The minimum Gasteiger partial charge on any atom is -0.445 e. The van der Waals surface area contributed by atoms with Crippen LogP contribution in [-0.4, -0.2) is 64.3 Å². The van der Waals surface area contributed by atoms with Gasteiger partial charge in [-0.25, -0.2) is 4.79 Å². The fourth-order valence-electron chi connectivity index (χ4n) is 5.59. The van der Waals surface area contributed by atoms with Gasteiger partial charge in [-0.15, -0.1) is 0 Å². The predicted molar refractivity (Wildman–Crippen MR) is 152 cm³/mol. The third-order valence-corrected chi connectivity index (χ3v) is 9.43. The highest BCUT2D eigenvalue weighted by Crippen LogP contribution is 2.42. The van der Waals surface area contributed by atoms with Gasteiger partial charge in [0.15, 0.2) is 0 Å². The van der Waals surface area contributed by atoms with Crippen molar-refractivity contribution in [3.8, 4) is 0 Å². The zero-order valence-corrected chi connectivity index (χ0v) is 23.2. The summed E-state index contributed by atoms with van der Waals surface area (Å²) < 4.78 is 5.48. The van der Waals surface area contributed by atoms with Crippen LogP contribution in [0.3, 0.4) is 0 Å². The summed E-state index contributed by atoms with van der Waals surface area (Å²) in [7, 11) is 0. The molecule has 206 valence electrons. The molecule has 2 amide bonds. The second-order valence-corrected chi connectivity index (χ2v) is 12.7.